The van der Waals surface area contributed by atoms with Crippen molar-refractivity contribution < 1.29 is 0 Å². The van der Waals surface area contributed by atoms with Crippen molar-refractivity contribution in [3.63, 3.8) is 0 Å². The summed E-state index contributed by atoms with van der Waals surface area (Å²) in [6.45, 7) is 11.3. The van der Waals surface area contributed by atoms with E-state index in [-0.39, 0.29) is 0 Å². The third kappa shape index (κ3) is 5.34. The average molecular weight is 182 g/mol. The molecule has 0 saturated heterocycles. The normalized spacial score (nSPS) is 14.9. The van der Waals surface area contributed by atoms with Gasteiger partial charge in [-0.15, -0.1) is 0 Å². The van der Waals surface area contributed by atoms with Gasteiger partial charge < -0.3 is 10.6 Å². The Morgan fingerprint density at radius 3 is 2.46 bits per heavy atom. The lowest BCUT2D eigenvalue weighted by Crippen LogP contribution is -2.29. The van der Waals surface area contributed by atoms with E-state index in [0.717, 1.165) is 6.54 Å². The van der Waals surface area contributed by atoms with Gasteiger partial charge in [0.1, 0.15) is 0 Å². The lowest BCUT2D eigenvalue weighted by atomic mass is 10.2. The van der Waals surface area contributed by atoms with E-state index in [1.165, 1.54) is 11.3 Å². The van der Waals surface area contributed by atoms with Crippen LogP contribution >= 0.6 is 0 Å². The Morgan fingerprint density at radius 1 is 1.38 bits per heavy atom. The molecule has 2 N–H and O–H groups in total. The van der Waals surface area contributed by atoms with Crippen molar-refractivity contribution in [2.24, 2.45) is 0 Å². The van der Waals surface area contributed by atoms with Crippen LogP contribution in [0.3, 0.4) is 0 Å². The van der Waals surface area contributed by atoms with Crippen molar-refractivity contribution in [1.82, 2.24) is 10.6 Å². The van der Waals surface area contributed by atoms with Crippen molar-refractivity contribution in [3.05, 3.63) is 23.5 Å². The molecule has 0 saturated carbocycles. The summed E-state index contributed by atoms with van der Waals surface area (Å²) >= 11 is 0. The van der Waals surface area contributed by atoms with E-state index in [1.807, 2.05) is 20.0 Å². The molecule has 0 amide bonds. The maximum Gasteiger partial charge on any atom is 0.0542 e. The molecule has 0 atom stereocenters. The minimum Gasteiger partial charge on any atom is -0.385 e. The summed E-state index contributed by atoms with van der Waals surface area (Å²) < 4.78 is 0. The van der Waals surface area contributed by atoms with E-state index >= 15 is 0 Å². The van der Waals surface area contributed by atoms with Crippen molar-refractivity contribution in [1.29, 1.82) is 0 Å². The Balaban J connectivity index is 0.000000671. The first-order valence-corrected chi connectivity index (χ1v) is 5.06. The van der Waals surface area contributed by atoms with E-state index < -0.39 is 0 Å². The summed E-state index contributed by atoms with van der Waals surface area (Å²) in [7, 11) is 0. The van der Waals surface area contributed by atoms with Crippen LogP contribution in [-0.4, -0.2) is 12.6 Å². The third-order valence-electron chi connectivity index (χ3n) is 1.50. The highest BCUT2D eigenvalue weighted by Gasteiger charge is 2.01. The summed E-state index contributed by atoms with van der Waals surface area (Å²) in [6, 6.07) is 0.522. The largest absolute Gasteiger partial charge is 0.385 e. The molecular formula is C11H22N2. The Bertz CT molecular complexity index is 190. The van der Waals surface area contributed by atoms with Gasteiger partial charge in [-0.2, -0.15) is 0 Å². The van der Waals surface area contributed by atoms with Crippen molar-refractivity contribution in [2.45, 2.75) is 40.7 Å². The monoisotopic (exact) mass is 182 g/mol. The number of dihydropyridines is 1. The van der Waals surface area contributed by atoms with E-state index in [9.17, 15) is 0 Å². The molecule has 0 spiro atoms. The van der Waals surface area contributed by atoms with E-state index in [2.05, 4.69) is 37.5 Å². The number of hydrogen-bond donors (Lipinski definition) is 2. The SMILES string of the molecule is CC.CC1=CNCC(NC(C)C)=C1. The molecular weight excluding hydrogens is 160 g/mol. The molecule has 13 heavy (non-hydrogen) atoms. The highest BCUT2D eigenvalue weighted by molar-refractivity contribution is 5.25. The van der Waals surface area contributed by atoms with Gasteiger partial charge in [0.05, 0.1) is 6.54 Å². The zero-order valence-corrected chi connectivity index (χ0v) is 9.44. The second kappa shape index (κ2) is 6.58. The zero-order valence-electron chi connectivity index (χ0n) is 9.44. The van der Waals surface area contributed by atoms with Crippen LogP contribution in [0.5, 0.6) is 0 Å². The van der Waals surface area contributed by atoms with Gasteiger partial charge in [-0.1, -0.05) is 13.8 Å². The van der Waals surface area contributed by atoms with Crippen molar-refractivity contribution in [2.75, 3.05) is 6.54 Å². The molecule has 0 fully saturated rings. The van der Waals surface area contributed by atoms with Gasteiger partial charge in [-0.25, -0.2) is 0 Å². The Hall–Kier alpha value is -0.920. The summed E-state index contributed by atoms with van der Waals surface area (Å²) in [5.74, 6) is 0. The van der Waals surface area contributed by atoms with Crippen molar-refractivity contribution >= 4 is 0 Å². The predicted octanol–water partition coefficient (Wildman–Crippen LogP) is 2.40. The summed E-state index contributed by atoms with van der Waals surface area (Å²) in [5, 5.41) is 6.57. The molecule has 1 heterocycles. The Morgan fingerprint density at radius 2 is 2.00 bits per heavy atom. The number of rotatable bonds is 2. The predicted molar refractivity (Wildman–Crippen MR) is 59.5 cm³/mol. The number of hydrogen-bond acceptors (Lipinski definition) is 2. The lowest BCUT2D eigenvalue weighted by Gasteiger charge is -2.17. The van der Waals surface area contributed by atoms with Gasteiger partial charge in [0.15, 0.2) is 0 Å². The van der Waals surface area contributed by atoms with E-state index in [0.29, 0.717) is 6.04 Å². The molecule has 2 nitrogen and oxygen atoms in total. The Kier molecular flexibility index (Phi) is 6.11. The maximum absolute atomic E-state index is 3.37. The summed E-state index contributed by atoms with van der Waals surface area (Å²) in [4.78, 5) is 0. The summed E-state index contributed by atoms with van der Waals surface area (Å²) in [6.07, 6.45) is 4.21. The fourth-order valence-corrected chi connectivity index (χ4v) is 1.15. The van der Waals surface area contributed by atoms with Crippen LogP contribution in [0.4, 0.5) is 0 Å². The third-order valence-corrected chi connectivity index (χ3v) is 1.50. The van der Waals surface area contributed by atoms with Gasteiger partial charge in [0.25, 0.3) is 0 Å². The molecule has 1 aliphatic heterocycles. The van der Waals surface area contributed by atoms with Gasteiger partial charge in [0.2, 0.25) is 0 Å². The minimum atomic E-state index is 0.522. The first kappa shape index (κ1) is 12.1. The van der Waals surface area contributed by atoms with Gasteiger partial charge in [0, 0.05) is 11.7 Å². The van der Waals surface area contributed by atoms with Crippen LogP contribution in [0, 0.1) is 0 Å². The second-order valence-corrected chi connectivity index (χ2v) is 3.24. The minimum absolute atomic E-state index is 0.522. The second-order valence-electron chi connectivity index (χ2n) is 3.24. The molecule has 0 aliphatic carbocycles. The maximum atomic E-state index is 3.37. The molecule has 76 valence electrons. The van der Waals surface area contributed by atoms with Crippen LogP contribution in [0.15, 0.2) is 23.5 Å². The van der Waals surface area contributed by atoms with Crippen LogP contribution in [-0.2, 0) is 0 Å². The topological polar surface area (TPSA) is 24.1 Å². The Labute approximate surface area is 82.1 Å². The number of nitrogens with one attached hydrogen (secondary N) is 2. The molecule has 1 aliphatic rings. The lowest BCUT2D eigenvalue weighted by molar-refractivity contribution is 0.641. The fraction of sp³-hybridized carbons (Fsp3) is 0.636. The standard InChI is InChI=1S/C9H16N2.C2H6/c1-7(2)11-9-4-8(3)5-10-6-9;1-2/h4-5,7,10-11H,6H2,1-3H3;1-2H3. The zero-order chi connectivity index (χ0) is 10.3. The van der Waals surface area contributed by atoms with Crippen LogP contribution in [0.25, 0.3) is 0 Å². The van der Waals surface area contributed by atoms with E-state index in [1.54, 1.807) is 0 Å². The van der Waals surface area contributed by atoms with Gasteiger partial charge in [-0.05, 0) is 38.6 Å². The molecule has 0 radical (unpaired) electrons. The summed E-state index contributed by atoms with van der Waals surface area (Å²) in [5.41, 5.74) is 2.56. The van der Waals surface area contributed by atoms with Crippen LogP contribution in [0.2, 0.25) is 0 Å². The fourth-order valence-electron chi connectivity index (χ4n) is 1.15. The smallest absolute Gasteiger partial charge is 0.0542 e. The highest BCUT2D eigenvalue weighted by atomic mass is 15.0. The molecule has 0 aromatic heterocycles. The van der Waals surface area contributed by atoms with Crippen LogP contribution < -0.4 is 10.6 Å². The molecule has 2 heteroatoms. The molecule has 0 unspecified atom stereocenters. The molecule has 0 bridgehead atoms. The quantitative estimate of drug-likeness (QED) is 0.685. The van der Waals surface area contributed by atoms with Gasteiger partial charge in [-0.3, -0.25) is 0 Å². The molecule has 0 aromatic rings. The average Bonchev–Trinajstić information content (AvgIpc) is 2.06. The van der Waals surface area contributed by atoms with E-state index in [4.69, 9.17) is 0 Å². The molecule has 1 rings (SSSR count). The molecule has 0 aromatic carbocycles. The van der Waals surface area contributed by atoms with Gasteiger partial charge >= 0.3 is 0 Å². The van der Waals surface area contributed by atoms with Crippen molar-refractivity contribution in [3.8, 4) is 0 Å². The first-order valence-electron chi connectivity index (χ1n) is 5.06. The highest BCUT2D eigenvalue weighted by Crippen LogP contribution is 2.03. The number of allylic oxidation sites excluding steroid dienone is 2. The van der Waals surface area contributed by atoms with Crippen LogP contribution in [0.1, 0.15) is 34.6 Å². The first-order chi connectivity index (χ1) is 6.18.